The molecule has 1 spiro atoms. The molecule has 0 radical (unpaired) electrons. The molecule has 12 heteroatoms. The molecule has 3 aliphatic rings. The number of ether oxygens (including phenoxy) is 1. The minimum absolute atomic E-state index is 0.0864. The van der Waals surface area contributed by atoms with Crippen molar-refractivity contribution in [3.63, 3.8) is 0 Å². The maximum Gasteiger partial charge on any atom is 0.336 e. The van der Waals surface area contributed by atoms with Crippen LogP contribution in [0.1, 0.15) is 46.0 Å². The van der Waals surface area contributed by atoms with Crippen molar-refractivity contribution in [2.24, 2.45) is 16.1 Å². The lowest BCUT2D eigenvalue weighted by Crippen LogP contribution is -2.47. The third kappa shape index (κ3) is 5.13. The van der Waals surface area contributed by atoms with Crippen molar-refractivity contribution in [2.45, 2.75) is 52.0 Å². The Morgan fingerprint density at radius 1 is 1.31 bits per heavy atom. The fourth-order valence-corrected chi connectivity index (χ4v) is 5.38. The Morgan fingerprint density at radius 3 is 2.64 bits per heavy atom. The van der Waals surface area contributed by atoms with Crippen LogP contribution in [0.15, 0.2) is 40.3 Å². The Hall–Kier alpha value is -3.67. The molecule has 0 atom stereocenters. The lowest BCUT2D eigenvalue weighted by atomic mass is 9.71. The number of nitrogens with two attached hydrogens (primary N) is 1. The van der Waals surface area contributed by atoms with Gasteiger partial charge in [0.05, 0.1) is 23.2 Å². The highest BCUT2D eigenvalue weighted by Crippen LogP contribution is 2.47. The summed E-state index contributed by atoms with van der Waals surface area (Å²) >= 11 is 0. The minimum Gasteiger partial charge on any atom is -0.456 e. The average molecular weight is 497 g/mol. The fourth-order valence-electron chi connectivity index (χ4n) is 5.38. The van der Waals surface area contributed by atoms with Crippen LogP contribution in [0, 0.1) is 5.41 Å². The van der Waals surface area contributed by atoms with Gasteiger partial charge in [-0.05, 0) is 69.2 Å². The Morgan fingerprint density at radius 2 is 2.06 bits per heavy atom. The van der Waals surface area contributed by atoms with Gasteiger partial charge in [0.2, 0.25) is 11.8 Å². The van der Waals surface area contributed by atoms with E-state index in [-0.39, 0.29) is 31.1 Å². The van der Waals surface area contributed by atoms with Gasteiger partial charge in [-0.2, -0.15) is 4.68 Å². The van der Waals surface area contributed by atoms with Crippen molar-refractivity contribution >= 4 is 30.3 Å². The number of hydrogen-bond acceptors (Lipinski definition) is 9. The minimum atomic E-state index is -0.419. The third-order valence-electron chi connectivity index (χ3n) is 7.42. The first-order chi connectivity index (χ1) is 17.2. The lowest BCUT2D eigenvalue weighted by Gasteiger charge is -2.40. The molecule has 1 aromatic rings. The van der Waals surface area contributed by atoms with E-state index in [1.807, 2.05) is 13.0 Å². The largest absolute Gasteiger partial charge is 0.456 e. The van der Waals surface area contributed by atoms with Crippen LogP contribution in [0.5, 0.6) is 0 Å². The number of likely N-dealkylation sites (tertiary alicyclic amines) is 1. The molecule has 1 aromatic heterocycles. The number of primary amides is 1. The predicted molar refractivity (Wildman–Crippen MR) is 131 cm³/mol. The second kappa shape index (κ2) is 10.5. The summed E-state index contributed by atoms with van der Waals surface area (Å²) in [5, 5.41) is 11.0. The molecular formula is C24H32N8O4. The normalized spacial score (nSPS) is 25.3. The molecule has 192 valence electrons. The molecule has 2 fully saturated rings. The van der Waals surface area contributed by atoms with Crippen LogP contribution in [0.2, 0.25) is 0 Å². The number of carbonyl (C=O) groups is 3. The summed E-state index contributed by atoms with van der Waals surface area (Å²) < 4.78 is 6.52. The number of carbonyl (C=O) groups excluding carboxylic acids is 3. The van der Waals surface area contributed by atoms with Gasteiger partial charge in [0, 0.05) is 19.1 Å². The van der Waals surface area contributed by atoms with E-state index < -0.39 is 11.3 Å². The van der Waals surface area contributed by atoms with Crippen molar-refractivity contribution in [1.82, 2.24) is 30.0 Å². The van der Waals surface area contributed by atoms with Gasteiger partial charge >= 0.3 is 5.97 Å². The molecule has 3 heterocycles. The molecule has 1 saturated carbocycles. The van der Waals surface area contributed by atoms with E-state index in [0.29, 0.717) is 30.2 Å². The Labute approximate surface area is 209 Å². The zero-order chi connectivity index (χ0) is 25.9. The highest BCUT2D eigenvalue weighted by molar-refractivity contribution is 5.94. The van der Waals surface area contributed by atoms with Crippen LogP contribution in [0.4, 0.5) is 0 Å². The van der Waals surface area contributed by atoms with Gasteiger partial charge in [0.25, 0.3) is 0 Å². The molecule has 0 bridgehead atoms. The summed E-state index contributed by atoms with van der Waals surface area (Å²) in [5.41, 5.74) is 7.37. The SMILES string of the molecule is C=N/C(=C\C=C(/C)CN(CC(N)=O)C1CCC2(CC1)CCN(C1=C(C)C(=O)OC1)C2=O)n1cnnn1. The second-order valence-corrected chi connectivity index (χ2v) is 9.69. The number of nitrogens with zero attached hydrogens (tertiary/aromatic N) is 7. The standard InChI is InChI=1S/C24H32N8O4/c1-16(4-5-21(26-3)32-15-27-28-29-32)12-30(13-20(25)33)18-6-8-24(9-7-18)10-11-31(23(24)35)19-14-36-22(34)17(19)2/h4-5,15,18H,3,6-14H2,1-2H3,(H2,25,33)/b16-4+,21-5+. The first-order valence-corrected chi connectivity index (χ1v) is 12.0. The summed E-state index contributed by atoms with van der Waals surface area (Å²) in [6, 6.07) is 0.131. The number of allylic oxidation sites excluding steroid dienone is 2. The highest BCUT2D eigenvalue weighted by atomic mass is 16.5. The fraction of sp³-hybridized carbons (Fsp3) is 0.542. The van der Waals surface area contributed by atoms with Gasteiger partial charge < -0.3 is 15.4 Å². The molecule has 2 N–H and O–H groups in total. The van der Waals surface area contributed by atoms with Crippen molar-refractivity contribution in [2.75, 3.05) is 26.2 Å². The van der Waals surface area contributed by atoms with E-state index >= 15 is 0 Å². The quantitative estimate of drug-likeness (QED) is 0.301. The van der Waals surface area contributed by atoms with Crippen molar-refractivity contribution in [3.05, 3.63) is 35.3 Å². The molecule has 0 aromatic carbocycles. The van der Waals surface area contributed by atoms with Gasteiger partial charge in [-0.15, -0.1) is 5.10 Å². The number of amides is 2. The molecule has 0 unspecified atom stereocenters. The van der Waals surface area contributed by atoms with E-state index in [9.17, 15) is 14.4 Å². The zero-order valence-electron chi connectivity index (χ0n) is 20.7. The van der Waals surface area contributed by atoms with Gasteiger partial charge in [0.1, 0.15) is 12.9 Å². The lowest BCUT2D eigenvalue weighted by molar-refractivity contribution is -0.138. The first-order valence-electron chi connectivity index (χ1n) is 12.0. The summed E-state index contributed by atoms with van der Waals surface area (Å²) in [7, 11) is 0. The number of aromatic nitrogens is 4. The number of aliphatic imine (C=N–C) groups is 1. The van der Waals surface area contributed by atoms with Crippen LogP contribution in [0.3, 0.4) is 0 Å². The maximum absolute atomic E-state index is 13.4. The molecular weight excluding hydrogens is 464 g/mol. The highest BCUT2D eigenvalue weighted by Gasteiger charge is 2.50. The van der Waals surface area contributed by atoms with Crippen molar-refractivity contribution in [3.8, 4) is 0 Å². The van der Waals surface area contributed by atoms with Crippen molar-refractivity contribution in [1.29, 1.82) is 0 Å². The second-order valence-electron chi connectivity index (χ2n) is 9.69. The monoisotopic (exact) mass is 496 g/mol. The molecule has 1 saturated heterocycles. The summed E-state index contributed by atoms with van der Waals surface area (Å²) in [6.45, 7) is 8.68. The first kappa shape index (κ1) is 25.4. The molecule has 2 amide bonds. The van der Waals surface area contributed by atoms with Gasteiger partial charge in [0.15, 0.2) is 5.82 Å². The molecule has 4 rings (SSSR count). The van der Waals surface area contributed by atoms with Crippen LogP contribution < -0.4 is 5.73 Å². The van der Waals surface area contributed by atoms with E-state index in [0.717, 1.165) is 37.7 Å². The van der Waals surface area contributed by atoms with E-state index in [1.165, 1.54) is 11.0 Å². The van der Waals surface area contributed by atoms with Gasteiger partial charge in [-0.3, -0.25) is 14.5 Å². The number of esters is 1. The summed E-state index contributed by atoms with van der Waals surface area (Å²) in [5.74, 6) is -0.179. The topological polar surface area (TPSA) is 149 Å². The van der Waals surface area contributed by atoms with Gasteiger partial charge in [-0.1, -0.05) is 11.6 Å². The van der Waals surface area contributed by atoms with E-state index in [4.69, 9.17) is 10.5 Å². The zero-order valence-corrected chi connectivity index (χ0v) is 20.7. The maximum atomic E-state index is 13.4. The Bertz CT molecular complexity index is 1130. The Balaban J connectivity index is 1.42. The van der Waals surface area contributed by atoms with E-state index in [1.54, 1.807) is 17.9 Å². The number of tetrazole rings is 1. The number of hydrogen-bond donors (Lipinski definition) is 1. The van der Waals surface area contributed by atoms with Crippen LogP contribution >= 0.6 is 0 Å². The smallest absolute Gasteiger partial charge is 0.336 e. The van der Waals surface area contributed by atoms with Gasteiger partial charge in [-0.25, -0.2) is 9.79 Å². The number of rotatable bonds is 9. The molecule has 36 heavy (non-hydrogen) atoms. The predicted octanol–water partition coefficient (Wildman–Crippen LogP) is 0.898. The van der Waals surface area contributed by atoms with E-state index in [2.05, 4.69) is 32.1 Å². The Kier molecular flexibility index (Phi) is 7.43. The van der Waals surface area contributed by atoms with Crippen LogP contribution in [-0.4, -0.2) is 86.8 Å². The van der Waals surface area contributed by atoms with Crippen LogP contribution in [0.25, 0.3) is 5.82 Å². The van der Waals surface area contributed by atoms with Crippen molar-refractivity contribution < 1.29 is 19.1 Å². The summed E-state index contributed by atoms with van der Waals surface area (Å²) in [4.78, 5) is 44.8. The summed E-state index contributed by atoms with van der Waals surface area (Å²) in [6.07, 6.45) is 8.88. The number of cyclic esters (lactones) is 1. The molecule has 1 aliphatic carbocycles. The molecule has 2 aliphatic heterocycles. The van der Waals surface area contributed by atoms with Crippen LogP contribution in [-0.2, 0) is 19.1 Å². The third-order valence-corrected chi connectivity index (χ3v) is 7.42. The molecule has 12 nitrogen and oxygen atoms in total. The average Bonchev–Trinajstić information content (AvgIpc) is 3.57.